The molecule has 7 amide bonds. The molecular weight excluding hydrogens is 974 g/mol. The second kappa shape index (κ2) is 27.5. The molecule has 72 heavy (non-hydrogen) atoms. The monoisotopic (exact) mass is 1040 g/mol. The zero-order chi connectivity index (χ0) is 52.9. The molecule has 0 saturated carbocycles. The fourth-order valence-electron chi connectivity index (χ4n) is 7.96. The quantitative estimate of drug-likeness (QED) is 0.0298. The molecule has 0 spiro atoms. The van der Waals surface area contributed by atoms with Crippen LogP contribution in [0.1, 0.15) is 71.9 Å². The number of amides is 7. The molecule has 2 aromatic carbocycles. The van der Waals surface area contributed by atoms with E-state index in [4.69, 9.17) is 9.47 Å². The van der Waals surface area contributed by atoms with E-state index < -0.39 is 137 Å². The van der Waals surface area contributed by atoms with E-state index in [1.54, 1.807) is 44.2 Å². The number of benzene rings is 2. The number of piperidine rings is 1. The van der Waals surface area contributed by atoms with Crippen molar-refractivity contribution in [3.63, 3.8) is 0 Å². The van der Waals surface area contributed by atoms with E-state index in [1.807, 2.05) is 0 Å². The Hall–Kier alpha value is -5.47. The van der Waals surface area contributed by atoms with Gasteiger partial charge in [-0.05, 0) is 61.8 Å². The van der Waals surface area contributed by atoms with Crippen molar-refractivity contribution >= 4 is 57.7 Å². The van der Waals surface area contributed by atoms with Crippen LogP contribution in [0, 0.1) is 11.8 Å². The Kier molecular flexibility index (Phi) is 23.3. The first-order valence-corrected chi connectivity index (χ1v) is 24.4. The number of ether oxygens (including phenoxy) is 2. The number of aliphatic hydroxyl groups is 1. The molecule has 0 unspecified atom stereocenters. The first-order valence-electron chi connectivity index (χ1n) is 23.0. The molecule has 2 aliphatic heterocycles. The van der Waals surface area contributed by atoms with Gasteiger partial charge in [-0.2, -0.15) is 0 Å². The molecule has 23 nitrogen and oxygen atoms in total. The number of phenolic OH excluding ortho intramolecular Hbond substituents is 1. The summed E-state index contributed by atoms with van der Waals surface area (Å²) in [5.74, 6) is -9.29. The van der Waals surface area contributed by atoms with Gasteiger partial charge in [0.1, 0.15) is 66.6 Å². The molecule has 0 radical (unpaired) electrons. The molecule has 2 aliphatic rings. The Morgan fingerprint density at radius 1 is 0.917 bits per heavy atom. The molecule has 10 atom stereocenters. The van der Waals surface area contributed by atoms with Gasteiger partial charge in [0, 0.05) is 27.0 Å². The van der Waals surface area contributed by atoms with Gasteiger partial charge in [-0.3, -0.25) is 37.7 Å². The molecule has 0 aromatic heterocycles. The third-order valence-electron chi connectivity index (χ3n) is 12.4. The molecule has 0 aliphatic carbocycles. The summed E-state index contributed by atoms with van der Waals surface area (Å²) in [5.41, 5.74) is 0.636. The van der Waals surface area contributed by atoms with Gasteiger partial charge in [0.05, 0.1) is 0 Å². The molecule has 390 valence electrons. The van der Waals surface area contributed by atoms with E-state index in [2.05, 4.69) is 30.8 Å². The normalized spacial score (nSPS) is 24.8. The minimum Gasteiger partial charge on any atom is -0.726 e. The SMILES string of the molecule is C/C=C1\NC(=O)[C@H](NC(=O)[C@@H](NC(=O)[C@@H](COS(=O)(=O)[O-])OC)C(C)C)[C@@H](C)OC(=O)[C@H]([C@H](C)CC)NC(=O)[C@H](Cc2ccc(O)cc2)N(C)C(=O)[C@H](Cc2ccccc2)N2C(=O)[C@H](CC[C@H]2O)NC1=O.[Na+]. The maximum Gasteiger partial charge on any atom is 1.00 e. The number of fused-ring (bicyclic) bond motifs is 2. The van der Waals surface area contributed by atoms with E-state index >= 15 is 4.79 Å². The second-order valence-corrected chi connectivity index (χ2v) is 18.8. The molecule has 2 bridgehead atoms. The maximum atomic E-state index is 15.0. The number of hydrogen-bond acceptors (Lipinski definition) is 16. The van der Waals surface area contributed by atoms with E-state index in [-0.39, 0.29) is 67.4 Å². The number of allylic oxidation sites excluding steroid dienone is 1. The van der Waals surface area contributed by atoms with Crippen LogP contribution in [0.3, 0.4) is 0 Å². The van der Waals surface area contributed by atoms with Gasteiger partial charge in [-0.25, -0.2) is 13.2 Å². The number of aliphatic hydroxyl groups excluding tert-OH is 1. The van der Waals surface area contributed by atoms with Crippen molar-refractivity contribution in [2.45, 2.75) is 128 Å². The summed E-state index contributed by atoms with van der Waals surface area (Å²) in [5, 5.41) is 34.1. The smallest absolute Gasteiger partial charge is 0.726 e. The Balaban J connectivity index is 0.0000137. The van der Waals surface area contributed by atoms with Gasteiger partial charge in [-0.1, -0.05) is 82.7 Å². The van der Waals surface area contributed by atoms with Crippen molar-refractivity contribution in [1.82, 2.24) is 36.4 Å². The summed E-state index contributed by atoms with van der Waals surface area (Å²) in [6, 6.07) is 5.39. The van der Waals surface area contributed by atoms with Crippen molar-refractivity contribution < 1.29 is 105 Å². The fourth-order valence-corrected chi connectivity index (χ4v) is 8.25. The summed E-state index contributed by atoms with van der Waals surface area (Å²) in [6.45, 7) is 7.98. The Morgan fingerprint density at radius 2 is 1.53 bits per heavy atom. The van der Waals surface area contributed by atoms with Crippen LogP contribution in [0.4, 0.5) is 0 Å². The van der Waals surface area contributed by atoms with Crippen LogP contribution in [-0.4, -0.2) is 156 Å². The minimum atomic E-state index is -5.24. The summed E-state index contributed by atoms with van der Waals surface area (Å²) in [4.78, 5) is 116. The molecule has 2 fully saturated rings. The predicted molar refractivity (Wildman–Crippen MR) is 250 cm³/mol. The maximum absolute atomic E-state index is 15.0. The number of nitrogens with zero attached hydrogens (tertiary/aromatic N) is 2. The van der Waals surface area contributed by atoms with Gasteiger partial charge < -0.3 is 60.6 Å². The zero-order valence-corrected chi connectivity index (χ0v) is 44.6. The van der Waals surface area contributed by atoms with Gasteiger partial charge in [0.2, 0.25) is 34.0 Å². The number of hydrogen-bond donors (Lipinski definition) is 7. The molecule has 2 saturated heterocycles. The Morgan fingerprint density at radius 3 is 2.10 bits per heavy atom. The minimum absolute atomic E-state index is 0. The summed E-state index contributed by atoms with van der Waals surface area (Å²) >= 11 is 0. The van der Waals surface area contributed by atoms with Crippen LogP contribution in [0.2, 0.25) is 0 Å². The van der Waals surface area contributed by atoms with Crippen LogP contribution >= 0.6 is 0 Å². The summed E-state index contributed by atoms with van der Waals surface area (Å²) in [7, 11) is -2.89. The standard InChI is InChI=1S/C47H65N7O16S.Na/c1-9-26(5)38-47(64)70-27(6)39(52-43(60)37(25(3)4)50-42(59)35(68-8)24-69-71(65,66)67)44(61)48-31(10-2)40(57)49-32-20-21-36(56)54(45(32)62)34(23-28-14-12-11-13-15-28)46(63)53(7)33(41(58)51-38)22-29-16-18-30(55)19-17-29;/h10-19,25-27,32-39,55-56H,9,20-24H2,1-8H3,(H,48,61)(H,49,57)(H,50,59)(H,51,58)(H,52,60)(H,65,66,67);/q;+1/p-1/b31-10-;/t26-,27-,32+,33+,34+,35-,36-,37+,38+,39-;/m1./s1. The van der Waals surface area contributed by atoms with Gasteiger partial charge in [0.25, 0.3) is 17.7 Å². The third kappa shape index (κ3) is 16.5. The largest absolute Gasteiger partial charge is 1.00 e. The molecule has 4 rings (SSSR count). The average molecular weight is 1040 g/mol. The number of phenols is 1. The summed E-state index contributed by atoms with van der Waals surface area (Å²) < 4.78 is 48.2. The van der Waals surface area contributed by atoms with Crippen LogP contribution in [0.15, 0.2) is 66.4 Å². The Bertz CT molecular complexity index is 2390. The van der Waals surface area contributed by atoms with E-state index in [0.29, 0.717) is 11.1 Å². The first kappa shape index (κ1) is 60.8. The topological polar surface area (TPSA) is 329 Å². The number of aromatic hydroxyl groups is 1. The van der Waals surface area contributed by atoms with E-state index in [0.717, 1.165) is 16.9 Å². The van der Waals surface area contributed by atoms with Gasteiger partial charge in [0.15, 0.2) is 6.10 Å². The van der Waals surface area contributed by atoms with Crippen molar-refractivity contribution in [2.75, 3.05) is 20.8 Å². The number of carbonyl (C=O) groups excluding carboxylic acids is 8. The molecule has 25 heteroatoms. The first-order chi connectivity index (χ1) is 33.4. The van der Waals surface area contributed by atoms with Crippen LogP contribution in [-0.2, 0) is 75.3 Å². The van der Waals surface area contributed by atoms with Crippen LogP contribution in [0.25, 0.3) is 0 Å². The second-order valence-electron chi connectivity index (χ2n) is 17.7. The van der Waals surface area contributed by atoms with E-state index in [1.165, 1.54) is 65.1 Å². The van der Waals surface area contributed by atoms with Crippen LogP contribution < -0.4 is 56.1 Å². The summed E-state index contributed by atoms with van der Waals surface area (Å²) in [6.07, 6.45) is -3.88. The fraction of sp³-hybridized carbons (Fsp3) is 0.532. The number of rotatable bonds is 15. The molecule has 2 aromatic rings. The number of nitrogens with one attached hydrogen (secondary N) is 5. The van der Waals surface area contributed by atoms with Crippen LogP contribution in [0.5, 0.6) is 5.75 Å². The predicted octanol–water partition coefficient (Wildman–Crippen LogP) is -3.58. The van der Waals surface area contributed by atoms with Crippen molar-refractivity contribution in [3.05, 3.63) is 77.5 Å². The number of likely N-dealkylation sites (N-methyl/N-ethyl adjacent to an activating group) is 1. The van der Waals surface area contributed by atoms with Crippen molar-refractivity contribution in [2.24, 2.45) is 11.8 Å². The number of carbonyl (C=O) groups is 8. The third-order valence-corrected chi connectivity index (χ3v) is 12.8. The zero-order valence-electron chi connectivity index (χ0n) is 41.8. The average Bonchev–Trinajstić information content (AvgIpc) is 3.32. The van der Waals surface area contributed by atoms with Crippen molar-refractivity contribution in [1.29, 1.82) is 0 Å². The Labute approximate surface area is 440 Å². The van der Waals surface area contributed by atoms with Crippen molar-refractivity contribution in [3.8, 4) is 5.75 Å². The molecular formula is C47H64N7NaO16S. The van der Waals surface area contributed by atoms with Gasteiger partial charge >= 0.3 is 35.5 Å². The van der Waals surface area contributed by atoms with Gasteiger partial charge in [-0.15, -0.1) is 0 Å². The molecule has 7 N–H and O–H groups in total. The number of cyclic esters (lactones) is 1. The molecule has 2 heterocycles. The number of esters is 1. The number of methoxy groups -OCH3 is 1. The van der Waals surface area contributed by atoms with E-state index in [9.17, 15) is 56.7 Å².